The van der Waals surface area contributed by atoms with Crippen molar-refractivity contribution in [3.8, 4) is 34.6 Å². The molecule has 2 heteroatoms. The Morgan fingerprint density at radius 2 is 1.02 bits per heavy atom. The molecule has 0 saturated heterocycles. The van der Waals surface area contributed by atoms with Gasteiger partial charge in [0.15, 0.2) is 0 Å². The lowest BCUT2D eigenvalue weighted by molar-refractivity contribution is 0.777. The van der Waals surface area contributed by atoms with Crippen LogP contribution in [0.5, 0.6) is 0 Å². The van der Waals surface area contributed by atoms with Gasteiger partial charge in [-0.05, 0) is 137 Å². The van der Waals surface area contributed by atoms with Crippen LogP contribution in [-0.4, -0.2) is 12.6 Å². The van der Waals surface area contributed by atoms with Crippen molar-refractivity contribution in [3.05, 3.63) is 198 Å². The van der Waals surface area contributed by atoms with Crippen LogP contribution in [0.2, 0.25) is 0 Å². The third-order valence-corrected chi connectivity index (χ3v) is 9.49. The van der Waals surface area contributed by atoms with E-state index in [0.29, 0.717) is 0 Å². The van der Waals surface area contributed by atoms with E-state index in [0.717, 1.165) is 13.0 Å². The highest BCUT2D eigenvalue weighted by atomic mass is 15.1. The number of benzene rings is 6. The zero-order valence-corrected chi connectivity index (χ0v) is 34.8. The Morgan fingerprint density at radius 1 is 0.571 bits per heavy atom. The van der Waals surface area contributed by atoms with Crippen molar-refractivity contribution >= 4 is 17.1 Å². The maximum Gasteiger partial charge on any atom is 0.0873 e. The minimum atomic E-state index is 0.118. The number of aryl methyl sites for hydroxylation is 2. The zero-order valence-electron chi connectivity index (χ0n) is 34.8. The second-order valence-corrected chi connectivity index (χ2v) is 14.4. The number of hydrogen-bond donors (Lipinski definition) is 0. The number of nitrogens with zero attached hydrogens (tertiary/aromatic N) is 2. The molecule has 0 bridgehead atoms. The van der Waals surface area contributed by atoms with Gasteiger partial charge in [0.1, 0.15) is 0 Å². The fourth-order valence-corrected chi connectivity index (χ4v) is 6.69. The number of allylic oxidation sites excluding steroid dienone is 4. The lowest BCUT2D eigenvalue weighted by Crippen LogP contribution is -2.31. The van der Waals surface area contributed by atoms with Crippen molar-refractivity contribution in [1.82, 2.24) is 0 Å². The van der Waals surface area contributed by atoms with Gasteiger partial charge in [0.2, 0.25) is 0 Å². The Morgan fingerprint density at radius 3 is 1.43 bits per heavy atom. The summed E-state index contributed by atoms with van der Waals surface area (Å²) in [6, 6.07) is 55.9. The van der Waals surface area contributed by atoms with Crippen LogP contribution in [0.15, 0.2) is 181 Å². The second kappa shape index (κ2) is 22.4. The molecule has 0 aliphatic rings. The molecule has 0 amide bonds. The molecule has 0 aliphatic carbocycles. The number of terminal acetylenes is 1. The smallest absolute Gasteiger partial charge is 0.0873 e. The van der Waals surface area contributed by atoms with E-state index in [9.17, 15) is 0 Å². The van der Waals surface area contributed by atoms with Crippen LogP contribution < -0.4 is 9.80 Å². The fraction of sp³-hybridized carbons (Fsp3) is 0.222. The molecule has 0 spiro atoms. The molecule has 6 aromatic carbocycles. The molecule has 56 heavy (non-hydrogen) atoms. The topological polar surface area (TPSA) is 6.48 Å². The van der Waals surface area contributed by atoms with Crippen LogP contribution in [0.25, 0.3) is 22.3 Å². The van der Waals surface area contributed by atoms with Gasteiger partial charge in [0, 0.05) is 29.3 Å². The highest BCUT2D eigenvalue weighted by Crippen LogP contribution is 2.33. The Labute approximate surface area is 338 Å². The van der Waals surface area contributed by atoms with E-state index in [1.807, 2.05) is 6.07 Å². The number of anilines is 3. The van der Waals surface area contributed by atoms with Crippen molar-refractivity contribution < 1.29 is 0 Å². The lowest BCUT2D eigenvalue weighted by Gasteiger charge is -2.27. The van der Waals surface area contributed by atoms with Gasteiger partial charge in [-0.25, -0.2) is 0 Å². The van der Waals surface area contributed by atoms with Crippen LogP contribution >= 0.6 is 0 Å². The zero-order chi connectivity index (χ0) is 40.3. The van der Waals surface area contributed by atoms with Crippen LogP contribution in [0.4, 0.5) is 17.1 Å². The molecule has 0 fully saturated rings. The predicted octanol–water partition coefficient (Wildman–Crippen LogP) is 14.8. The molecule has 0 aromatic heterocycles. The molecule has 1 unspecified atom stereocenters. The van der Waals surface area contributed by atoms with Gasteiger partial charge < -0.3 is 9.80 Å². The van der Waals surface area contributed by atoms with Crippen LogP contribution in [0.1, 0.15) is 64.7 Å². The van der Waals surface area contributed by atoms with Gasteiger partial charge in [0.05, 0.1) is 6.04 Å². The van der Waals surface area contributed by atoms with E-state index in [2.05, 4.69) is 235 Å². The SMILES string of the molecule is C#CC(C)N(CC)c1ccc(-c2ccccc2)cc1.C/C(=C\Cc1ccccc1)N(c1ccc(-c2ccccc2)cc1)c1cc(C)cc(C)c1.CCC=C(C)C. The minimum Gasteiger partial charge on any atom is -0.358 e. The van der Waals surface area contributed by atoms with Gasteiger partial charge in [-0.3, -0.25) is 0 Å². The first kappa shape index (κ1) is 42.7. The summed E-state index contributed by atoms with van der Waals surface area (Å²) in [5.41, 5.74) is 15.0. The quantitative estimate of drug-likeness (QED) is 0.0965. The van der Waals surface area contributed by atoms with E-state index < -0.39 is 0 Å². The molecule has 2 nitrogen and oxygen atoms in total. The Kier molecular flexibility index (Phi) is 17.1. The first-order valence-electron chi connectivity index (χ1n) is 19.9. The number of rotatable bonds is 11. The normalized spacial score (nSPS) is 11.1. The maximum atomic E-state index is 5.52. The third-order valence-electron chi connectivity index (χ3n) is 9.49. The predicted molar refractivity (Wildman–Crippen MR) is 247 cm³/mol. The van der Waals surface area contributed by atoms with Gasteiger partial charge in [-0.1, -0.05) is 152 Å². The van der Waals surface area contributed by atoms with E-state index in [1.165, 1.54) is 73.7 Å². The number of hydrogen-bond acceptors (Lipinski definition) is 2. The highest BCUT2D eigenvalue weighted by Gasteiger charge is 2.13. The van der Waals surface area contributed by atoms with Crippen molar-refractivity contribution in [2.75, 3.05) is 16.3 Å². The molecule has 6 rings (SSSR count). The van der Waals surface area contributed by atoms with E-state index in [-0.39, 0.29) is 6.04 Å². The average Bonchev–Trinajstić information content (AvgIpc) is 3.22. The van der Waals surface area contributed by atoms with Crippen LogP contribution in [0.3, 0.4) is 0 Å². The summed E-state index contributed by atoms with van der Waals surface area (Å²) in [4.78, 5) is 4.58. The largest absolute Gasteiger partial charge is 0.358 e. The maximum absolute atomic E-state index is 5.52. The highest BCUT2D eigenvalue weighted by molar-refractivity contribution is 5.73. The minimum absolute atomic E-state index is 0.118. The lowest BCUT2D eigenvalue weighted by atomic mass is 10.0. The summed E-state index contributed by atoms with van der Waals surface area (Å²) in [5.74, 6) is 2.79. The summed E-state index contributed by atoms with van der Waals surface area (Å²) in [6.45, 7) is 18.0. The second-order valence-electron chi connectivity index (χ2n) is 14.4. The molecule has 0 aliphatic heterocycles. The summed E-state index contributed by atoms with van der Waals surface area (Å²) in [6.07, 6.45) is 12.1. The first-order valence-corrected chi connectivity index (χ1v) is 19.9. The van der Waals surface area contributed by atoms with Crippen molar-refractivity contribution in [3.63, 3.8) is 0 Å². The first-order chi connectivity index (χ1) is 27.1. The summed E-state index contributed by atoms with van der Waals surface area (Å²) in [7, 11) is 0. The van der Waals surface area contributed by atoms with Crippen molar-refractivity contribution in [2.24, 2.45) is 0 Å². The standard InChI is InChI=1S/C30H29N.C18H19N.C6H12/c1-23-20-24(2)22-30(21-23)31(25(3)14-15-26-10-6-4-7-11-26)29-18-16-28(17-19-29)27-12-8-5-9-13-27;1-4-15(3)19(5-2)18-13-11-17(12-14-18)16-9-7-6-8-10-16;1-4-5-6(2)3/h4-14,16-22H,15H2,1-3H3;1,6-15H,5H2,2-3H3;5H,4H2,1-3H3/b25-14+;;. The summed E-state index contributed by atoms with van der Waals surface area (Å²) in [5, 5.41) is 0. The van der Waals surface area contributed by atoms with Gasteiger partial charge in [-0.15, -0.1) is 6.42 Å². The molecule has 6 aromatic rings. The Balaban J connectivity index is 0.000000236. The molecule has 0 saturated carbocycles. The molecular weight excluding hydrogens is 677 g/mol. The van der Waals surface area contributed by atoms with Crippen LogP contribution in [0, 0.1) is 26.2 Å². The van der Waals surface area contributed by atoms with Crippen LogP contribution in [-0.2, 0) is 6.42 Å². The average molecular weight is 737 g/mol. The summed E-state index contributed by atoms with van der Waals surface area (Å²) >= 11 is 0. The van der Waals surface area contributed by atoms with Gasteiger partial charge in [-0.2, -0.15) is 0 Å². The molecule has 1 atom stereocenters. The van der Waals surface area contributed by atoms with E-state index in [1.54, 1.807) is 0 Å². The fourth-order valence-electron chi connectivity index (χ4n) is 6.69. The molecule has 286 valence electrons. The van der Waals surface area contributed by atoms with Crippen molar-refractivity contribution in [1.29, 1.82) is 0 Å². The monoisotopic (exact) mass is 736 g/mol. The summed E-state index contributed by atoms with van der Waals surface area (Å²) < 4.78 is 0. The van der Waals surface area contributed by atoms with Gasteiger partial charge in [0.25, 0.3) is 0 Å². The Hall–Kier alpha value is -6.04. The van der Waals surface area contributed by atoms with Gasteiger partial charge >= 0.3 is 0 Å². The van der Waals surface area contributed by atoms with E-state index in [4.69, 9.17) is 6.42 Å². The third kappa shape index (κ3) is 13.1. The van der Waals surface area contributed by atoms with Crippen molar-refractivity contribution in [2.45, 2.75) is 74.3 Å². The Bertz CT molecular complexity index is 2110. The molecular formula is C54H60N2. The molecule has 0 radical (unpaired) electrons. The molecule has 0 heterocycles. The van der Waals surface area contributed by atoms with E-state index >= 15 is 0 Å². The molecule has 0 N–H and O–H groups in total.